The minimum atomic E-state index is -0.895. The van der Waals surface area contributed by atoms with Crippen molar-refractivity contribution in [1.82, 2.24) is 50.5 Å². The number of hydrogen-bond acceptors (Lipinski definition) is 15. The molecular formula is C62H87F2N13O5S. The Morgan fingerprint density at radius 2 is 1.60 bits per heavy atom. The molecule has 4 amide bonds. The molecule has 2 aromatic carbocycles. The number of carbonyl (C=O) groups is 4. The Bertz CT molecular complexity index is 2940. The summed E-state index contributed by atoms with van der Waals surface area (Å²) < 4.78 is 31.4. The van der Waals surface area contributed by atoms with E-state index < -0.39 is 40.8 Å². The van der Waals surface area contributed by atoms with Crippen LogP contribution in [0.15, 0.2) is 54.3 Å². The van der Waals surface area contributed by atoms with Gasteiger partial charge in [0.15, 0.2) is 0 Å². The van der Waals surface area contributed by atoms with E-state index in [2.05, 4.69) is 76.7 Å². The predicted octanol–water partition coefficient (Wildman–Crippen LogP) is 6.60. The van der Waals surface area contributed by atoms with Crippen LogP contribution in [0, 0.1) is 41.2 Å². The topological polar surface area (TPSA) is 195 Å². The first-order valence-corrected chi connectivity index (χ1v) is 30.9. The number of aliphatic hydroxyl groups excluding tert-OH is 1. The lowest BCUT2D eigenvalue weighted by molar-refractivity contribution is -0.144. The molecule has 5 saturated heterocycles. The van der Waals surface area contributed by atoms with E-state index in [1.165, 1.54) is 17.0 Å². The van der Waals surface area contributed by atoms with E-state index in [4.69, 9.17) is 0 Å². The SMILES string of the molecule is Cc1ncsc1-c1ccc([C@H](C)NC(=O)[C@@H]2C[C@@H](O)CN2C(=O)[C@@H](NC(=O)CN2C[C@H]3CC(N(C)CCCNc4cc(N5CCC6(CC5)CN(c5cc(F)c(CN7CCC(C)(C)CC7)cc5F)CC(=O)N6)ncn4)C[C@H]3C2)C(C)(C)C)cc1. The van der Waals surface area contributed by atoms with Gasteiger partial charge in [-0.1, -0.05) is 58.9 Å². The van der Waals surface area contributed by atoms with Crippen LogP contribution >= 0.6 is 11.3 Å². The Labute approximate surface area is 492 Å². The summed E-state index contributed by atoms with van der Waals surface area (Å²) in [6.07, 6.45) is 7.16. The van der Waals surface area contributed by atoms with Gasteiger partial charge in [0.05, 0.1) is 52.5 Å². The van der Waals surface area contributed by atoms with E-state index in [9.17, 15) is 24.3 Å². The zero-order chi connectivity index (χ0) is 59.0. The van der Waals surface area contributed by atoms with Crippen LogP contribution in [-0.2, 0) is 25.7 Å². The van der Waals surface area contributed by atoms with Crippen LogP contribution in [0.3, 0.4) is 0 Å². The molecular weight excluding hydrogens is 1080 g/mol. The lowest BCUT2D eigenvalue weighted by Crippen LogP contribution is -2.66. The second kappa shape index (κ2) is 25.0. The summed E-state index contributed by atoms with van der Waals surface area (Å²) >= 11 is 1.58. The molecule has 450 valence electrons. The number of piperazine rings is 1. The molecule has 18 nitrogen and oxygen atoms in total. The van der Waals surface area contributed by atoms with Crippen molar-refractivity contribution in [3.8, 4) is 10.4 Å². The van der Waals surface area contributed by atoms with Crippen molar-refractivity contribution in [2.45, 2.75) is 142 Å². The van der Waals surface area contributed by atoms with Crippen molar-refractivity contribution in [2.75, 3.05) is 101 Å². The molecule has 1 spiro atoms. The number of hydrogen-bond donors (Lipinski definition) is 5. The zero-order valence-corrected chi connectivity index (χ0v) is 50.7. The highest BCUT2D eigenvalue weighted by Crippen LogP contribution is 2.41. The molecule has 0 bridgehead atoms. The number of amides is 4. The molecule has 0 radical (unpaired) electrons. The van der Waals surface area contributed by atoms with E-state index in [1.54, 1.807) is 22.6 Å². The Morgan fingerprint density at radius 1 is 0.892 bits per heavy atom. The Balaban J connectivity index is 0.640. The number of piperidine rings is 2. The van der Waals surface area contributed by atoms with Crippen LogP contribution in [0.25, 0.3) is 10.4 Å². The van der Waals surface area contributed by atoms with E-state index in [0.717, 1.165) is 105 Å². The number of aryl methyl sites for hydroxylation is 1. The van der Waals surface area contributed by atoms with Crippen molar-refractivity contribution in [2.24, 2.45) is 22.7 Å². The van der Waals surface area contributed by atoms with E-state index in [1.807, 2.05) is 70.5 Å². The molecule has 4 aromatic rings. The zero-order valence-electron chi connectivity index (χ0n) is 49.9. The van der Waals surface area contributed by atoms with Gasteiger partial charge in [-0.3, -0.25) is 29.0 Å². The summed E-state index contributed by atoms with van der Waals surface area (Å²) in [6, 6.07) is 10.9. The molecule has 1 aliphatic carbocycles. The summed E-state index contributed by atoms with van der Waals surface area (Å²) in [6.45, 7) is 21.3. The first-order chi connectivity index (χ1) is 39.5. The molecule has 5 aliphatic heterocycles. The van der Waals surface area contributed by atoms with Crippen LogP contribution in [0.5, 0.6) is 0 Å². The van der Waals surface area contributed by atoms with Crippen LogP contribution in [0.2, 0.25) is 0 Å². The number of thiazole rings is 1. The first-order valence-electron chi connectivity index (χ1n) is 30.1. The maximum atomic E-state index is 15.8. The smallest absolute Gasteiger partial charge is 0.246 e. The lowest BCUT2D eigenvalue weighted by Gasteiger charge is -2.48. The fourth-order valence-electron chi connectivity index (χ4n) is 13.7. The highest BCUT2D eigenvalue weighted by atomic mass is 32.1. The van der Waals surface area contributed by atoms with Crippen molar-refractivity contribution in [1.29, 1.82) is 0 Å². The third kappa shape index (κ3) is 14.3. The quantitative estimate of drug-likeness (QED) is 0.0670. The maximum absolute atomic E-state index is 15.8. The minimum Gasteiger partial charge on any atom is -0.391 e. The molecule has 21 heteroatoms. The third-order valence-electron chi connectivity index (χ3n) is 18.8. The molecule has 1 unspecified atom stereocenters. The summed E-state index contributed by atoms with van der Waals surface area (Å²) in [4.78, 5) is 81.9. The van der Waals surface area contributed by atoms with E-state index in [-0.39, 0.29) is 66.8 Å². The van der Waals surface area contributed by atoms with Gasteiger partial charge >= 0.3 is 0 Å². The van der Waals surface area contributed by atoms with E-state index in [0.29, 0.717) is 62.5 Å². The number of likely N-dealkylation sites (tertiary alicyclic amines) is 3. The van der Waals surface area contributed by atoms with Gasteiger partial charge in [0.1, 0.15) is 41.7 Å². The number of nitrogens with one attached hydrogen (secondary N) is 4. The largest absolute Gasteiger partial charge is 0.391 e. The second-order valence-electron chi connectivity index (χ2n) is 26.8. The minimum absolute atomic E-state index is 0.0138. The summed E-state index contributed by atoms with van der Waals surface area (Å²) in [5.74, 6) is 0.421. The molecule has 6 aliphatic rings. The lowest BCUT2D eigenvalue weighted by atomic mass is 9.82. The number of nitrogens with zero attached hydrogens (tertiary/aromatic N) is 9. The Morgan fingerprint density at radius 3 is 2.28 bits per heavy atom. The average molecular weight is 1160 g/mol. The molecule has 10 rings (SSSR count). The molecule has 5 N–H and O–H groups in total. The number of aromatic nitrogens is 3. The molecule has 1 saturated carbocycles. The normalized spacial score (nSPS) is 24.5. The van der Waals surface area contributed by atoms with Gasteiger partial charge in [0.2, 0.25) is 23.6 Å². The van der Waals surface area contributed by atoms with Crippen LogP contribution < -0.4 is 31.1 Å². The third-order valence-corrected chi connectivity index (χ3v) is 19.8. The standard InChI is InChI=1S/C62H87F2N13O5S/c1-39(41-10-12-42(13-11-41)56-40(2)68-38-83-56)69-58(81)51-27-47(78)33-77(51)59(82)57(60(3,4)5)70-54(79)34-74-30-43-24-46(25-44(43)31-74)72(8)19-9-18-65-52-29-53(67-37-66-52)75-22-16-62(17-23-75)36-76(35-55(80)71-62)50-28-48(63)45(26-49(50)64)32-73-20-14-61(6,7)15-21-73/h10-13,26,28-29,37-39,43-44,46-47,51,57,78H,9,14-25,27,30-36H2,1-8H3,(H,69,81)(H,70,79)(H,71,80)(H,65,66,67)/t39-,43-,44+,46?,47+,51-,57+/m0/s1. The summed E-state index contributed by atoms with van der Waals surface area (Å²) in [5.41, 5.74) is 4.28. The number of halogens is 2. The van der Waals surface area contributed by atoms with Crippen molar-refractivity contribution in [3.63, 3.8) is 0 Å². The fourth-order valence-corrected chi connectivity index (χ4v) is 14.5. The highest BCUT2D eigenvalue weighted by molar-refractivity contribution is 7.13. The number of anilines is 3. The number of rotatable bonds is 18. The van der Waals surface area contributed by atoms with Gasteiger partial charge in [-0.2, -0.15) is 0 Å². The van der Waals surface area contributed by atoms with Gasteiger partial charge in [-0.25, -0.2) is 23.7 Å². The number of carbonyl (C=O) groups excluding carboxylic acids is 4. The van der Waals surface area contributed by atoms with Gasteiger partial charge in [-0.15, -0.1) is 11.3 Å². The fraction of sp³-hybridized carbons (Fsp3) is 0.629. The van der Waals surface area contributed by atoms with E-state index >= 15 is 8.78 Å². The van der Waals surface area contributed by atoms with Gasteiger partial charge in [-0.05, 0) is 125 Å². The Kier molecular flexibility index (Phi) is 18.1. The Hall–Kier alpha value is -5.87. The maximum Gasteiger partial charge on any atom is 0.246 e. The average Bonchev–Trinajstić information content (AvgIpc) is 4.35. The van der Waals surface area contributed by atoms with Crippen molar-refractivity contribution < 1.29 is 33.1 Å². The van der Waals surface area contributed by atoms with Crippen LogP contribution in [0.4, 0.5) is 26.1 Å². The molecule has 7 atom stereocenters. The number of β-amino-alcohol motifs (C(OH)–C–C–N with tert-alkyl or cyclic N) is 1. The van der Waals surface area contributed by atoms with Gasteiger partial charge in [0.25, 0.3) is 0 Å². The van der Waals surface area contributed by atoms with Crippen LogP contribution in [0.1, 0.15) is 116 Å². The molecule has 83 heavy (non-hydrogen) atoms. The number of fused-ring (bicyclic) bond motifs is 1. The summed E-state index contributed by atoms with van der Waals surface area (Å²) in [5, 5.41) is 23.6. The predicted molar refractivity (Wildman–Crippen MR) is 320 cm³/mol. The molecule has 7 heterocycles. The number of aliphatic hydroxyl groups is 1. The molecule has 2 aromatic heterocycles. The van der Waals surface area contributed by atoms with Crippen molar-refractivity contribution in [3.05, 3.63) is 82.8 Å². The van der Waals surface area contributed by atoms with Gasteiger partial charge < -0.3 is 46.0 Å². The second-order valence-corrected chi connectivity index (χ2v) is 27.6. The first kappa shape index (κ1) is 60.3. The van der Waals surface area contributed by atoms with Gasteiger partial charge in [0, 0.05) is 82.5 Å². The summed E-state index contributed by atoms with van der Waals surface area (Å²) in [7, 11) is 2.20. The molecule has 6 fully saturated rings. The monoisotopic (exact) mass is 1160 g/mol. The number of benzene rings is 2. The van der Waals surface area contributed by atoms with Crippen molar-refractivity contribution >= 4 is 52.3 Å². The van der Waals surface area contributed by atoms with Crippen LogP contribution in [-0.4, -0.2) is 179 Å². The highest BCUT2D eigenvalue weighted by Gasteiger charge is 2.47.